The van der Waals surface area contributed by atoms with E-state index in [1.54, 1.807) is 31.3 Å². The zero-order valence-electron chi connectivity index (χ0n) is 17.1. The molecule has 0 unspecified atom stereocenters. The topological polar surface area (TPSA) is 79.9 Å². The average molecular weight is 407 g/mol. The highest BCUT2D eigenvalue weighted by Crippen LogP contribution is 2.36. The first kappa shape index (κ1) is 19.8. The first-order valence-electron chi connectivity index (χ1n) is 9.96. The van der Waals surface area contributed by atoms with E-state index in [0.29, 0.717) is 35.9 Å². The maximum Gasteiger partial charge on any atom is 0.319 e. The van der Waals surface area contributed by atoms with Crippen molar-refractivity contribution in [2.45, 2.75) is 18.9 Å². The SMILES string of the molecule is COc1ccc([C@H]2NC(=O)NC3=C2C(=O)N(CCCc2ccccc2)C3)cc1OC. The third-order valence-corrected chi connectivity index (χ3v) is 5.50. The van der Waals surface area contributed by atoms with Crippen molar-refractivity contribution in [1.82, 2.24) is 15.5 Å². The van der Waals surface area contributed by atoms with Gasteiger partial charge in [0.15, 0.2) is 11.5 Å². The van der Waals surface area contributed by atoms with Gasteiger partial charge in [-0.15, -0.1) is 0 Å². The molecule has 0 aromatic heterocycles. The van der Waals surface area contributed by atoms with Gasteiger partial charge in [-0.3, -0.25) is 4.79 Å². The third-order valence-electron chi connectivity index (χ3n) is 5.50. The van der Waals surface area contributed by atoms with E-state index in [9.17, 15) is 9.59 Å². The number of hydrogen-bond acceptors (Lipinski definition) is 4. The number of carbonyl (C=O) groups excluding carboxylic acids is 2. The molecule has 7 heteroatoms. The fraction of sp³-hybridized carbons (Fsp3) is 0.304. The number of carbonyl (C=O) groups is 2. The van der Waals surface area contributed by atoms with E-state index in [1.807, 2.05) is 24.3 Å². The summed E-state index contributed by atoms with van der Waals surface area (Å²) in [4.78, 5) is 27.2. The first-order valence-corrected chi connectivity index (χ1v) is 9.96. The van der Waals surface area contributed by atoms with Crippen LogP contribution in [0, 0.1) is 0 Å². The minimum Gasteiger partial charge on any atom is -0.493 e. The van der Waals surface area contributed by atoms with Crippen LogP contribution in [0.4, 0.5) is 4.79 Å². The second-order valence-electron chi connectivity index (χ2n) is 7.35. The van der Waals surface area contributed by atoms with E-state index in [0.717, 1.165) is 18.4 Å². The third kappa shape index (κ3) is 3.83. The molecule has 2 aromatic rings. The molecule has 4 rings (SSSR count). The molecule has 0 spiro atoms. The molecule has 0 saturated heterocycles. The Kier molecular flexibility index (Phi) is 5.61. The van der Waals surface area contributed by atoms with Crippen LogP contribution in [0.5, 0.6) is 11.5 Å². The highest BCUT2D eigenvalue weighted by molar-refractivity contribution is 6.01. The molecule has 2 aliphatic rings. The molecule has 2 heterocycles. The average Bonchev–Trinajstić information content (AvgIpc) is 3.08. The summed E-state index contributed by atoms with van der Waals surface area (Å²) < 4.78 is 10.7. The van der Waals surface area contributed by atoms with Gasteiger partial charge >= 0.3 is 6.03 Å². The lowest BCUT2D eigenvalue weighted by molar-refractivity contribution is -0.125. The summed E-state index contributed by atoms with van der Waals surface area (Å²) >= 11 is 0. The number of nitrogens with zero attached hydrogens (tertiary/aromatic N) is 1. The summed E-state index contributed by atoms with van der Waals surface area (Å²) in [5, 5.41) is 5.68. The van der Waals surface area contributed by atoms with Crippen LogP contribution in [0.1, 0.15) is 23.6 Å². The minimum atomic E-state index is -0.528. The Hall–Kier alpha value is -3.48. The molecule has 0 radical (unpaired) electrons. The van der Waals surface area contributed by atoms with Crippen molar-refractivity contribution in [3.63, 3.8) is 0 Å². The van der Waals surface area contributed by atoms with Gasteiger partial charge in [0.05, 0.1) is 38.1 Å². The van der Waals surface area contributed by atoms with E-state index in [-0.39, 0.29) is 11.9 Å². The Morgan fingerprint density at radius 2 is 1.80 bits per heavy atom. The maximum atomic E-state index is 13.2. The standard InChI is InChI=1S/C23H25N3O4/c1-29-18-11-10-16(13-19(18)30-2)21-20-17(24-23(28)25-21)14-26(22(20)27)12-6-9-15-7-4-3-5-8-15/h3-5,7-8,10-11,13,21H,6,9,12,14H2,1-2H3,(H2,24,25,28)/t21-/m1/s1. The van der Waals surface area contributed by atoms with E-state index in [2.05, 4.69) is 22.8 Å². The Bertz CT molecular complexity index is 987. The number of benzene rings is 2. The fourth-order valence-electron chi connectivity index (χ4n) is 4.01. The lowest BCUT2D eigenvalue weighted by atomic mass is 9.96. The Morgan fingerprint density at radius 1 is 1.03 bits per heavy atom. The van der Waals surface area contributed by atoms with Gasteiger partial charge in [0.1, 0.15) is 0 Å². The van der Waals surface area contributed by atoms with Crippen molar-refractivity contribution in [2.24, 2.45) is 0 Å². The fourth-order valence-corrected chi connectivity index (χ4v) is 4.01. The van der Waals surface area contributed by atoms with Crippen molar-refractivity contribution in [3.05, 3.63) is 70.9 Å². The van der Waals surface area contributed by atoms with Crippen LogP contribution in [0.25, 0.3) is 0 Å². The normalized spacial score (nSPS) is 18.1. The van der Waals surface area contributed by atoms with E-state index >= 15 is 0 Å². The molecule has 0 fully saturated rings. The molecule has 2 aliphatic heterocycles. The number of hydrogen-bond donors (Lipinski definition) is 2. The van der Waals surface area contributed by atoms with Crippen LogP contribution >= 0.6 is 0 Å². The van der Waals surface area contributed by atoms with Crippen LogP contribution in [-0.4, -0.2) is 44.1 Å². The lowest BCUT2D eigenvalue weighted by Crippen LogP contribution is -2.44. The number of ether oxygens (including phenoxy) is 2. The smallest absolute Gasteiger partial charge is 0.319 e. The molecule has 1 atom stereocenters. The van der Waals surface area contributed by atoms with Crippen LogP contribution in [0.3, 0.4) is 0 Å². The number of rotatable bonds is 7. The number of urea groups is 1. The summed E-state index contributed by atoms with van der Waals surface area (Å²) in [7, 11) is 3.13. The van der Waals surface area contributed by atoms with Crippen molar-refractivity contribution in [2.75, 3.05) is 27.3 Å². The van der Waals surface area contributed by atoms with E-state index < -0.39 is 6.04 Å². The number of nitrogens with one attached hydrogen (secondary N) is 2. The summed E-state index contributed by atoms with van der Waals surface area (Å²) in [6.07, 6.45) is 1.76. The molecule has 7 nitrogen and oxygen atoms in total. The van der Waals surface area contributed by atoms with Gasteiger partial charge in [0.2, 0.25) is 0 Å². The molecular formula is C23H25N3O4. The molecule has 0 saturated carbocycles. The first-order chi connectivity index (χ1) is 14.6. The predicted octanol–water partition coefficient (Wildman–Crippen LogP) is 2.79. The van der Waals surface area contributed by atoms with Crippen LogP contribution < -0.4 is 20.1 Å². The van der Waals surface area contributed by atoms with Crippen molar-refractivity contribution in [3.8, 4) is 11.5 Å². The summed E-state index contributed by atoms with van der Waals surface area (Å²) in [5.74, 6) is 1.09. The molecule has 30 heavy (non-hydrogen) atoms. The van der Waals surface area contributed by atoms with Crippen LogP contribution in [0.15, 0.2) is 59.8 Å². The minimum absolute atomic E-state index is 0.0506. The molecule has 156 valence electrons. The van der Waals surface area contributed by atoms with Gasteiger partial charge in [-0.2, -0.15) is 0 Å². The van der Waals surface area contributed by atoms with Crippen molar-refractivity contribution >= 4 is 11.9 Å². The molecule has 3 amide bonds. The Morgan fingerprint density at radius 3 is 2.53 bits per heavy atom. The van der Waals surface area contributed by atoms with E-state index in [4.69, 9.17) is 9.47 Å². The zero-order valence-corrected chi connectivity index (χ0v) is 17.1. The largest absolute Gasteiger partial charge is 0.493 e. The summed E-state index contributed by atoms with van der Waals surface area (Å²) in [6, 6.07) is 14.8. The van der Waals surface area contributed by atoms with Crippen molar-refractivity contribution in [1.29, 1.82) is 0 Å². The Balaban J connectivity index is 1.51. The lowest BCUT2D eigenvalue weighted by Gasteiger charge is -2.26. The van der Waals surface area contributed by atoms with Crippen LogP contribution in [0.2, 0.25) is 0 Å². The summed E-state index contributed by atoms with van der Waals surface area (Å²) in [6.45, 7) is 1.05. The number of aryl methyl sites for hydroxylation is 1. The monoisotopic (exact) mass is 407 g/mol. The van der Waals surface area contributed by atoms with Gasteiger partial charge in [-0.05, 0) is 36.1 Å². The number of methoxy groups -OCH3 is 2. The summed E-state index contributed by atoms with van der Waals surface area (Å²) in [5.41, 5.74) is 3.28. The van der Waals surface area contributed by atoms with Crippen LogP contribution in [-0.2, 0) is 11.2 Å². The van der Waals surface area contributed by atoms with Gasteiger partial charge in [0.25, 0.3) is 5.91 Å². The van der Waals surface area contributed by atoms with Gasteiger partial charge < -0.3 is 25.0 Å². The molecular weight excluding hydrogens is 382 g/mol. The van der Waals surface area contributed by atoms with Gasteiger partial charge in [-0.1, -0.05) is 36.4 Å². The van der Waals surface area contributed by atoms with E-state index in [1.165, 1.54) is 5.56 Å². The van der Waals surface area contributed by atoms with Crippen molar-refractivity contribution < 1.29 is 19.1 Å². The second-order valence-corrected chi connectivity index (χ2v) is 7.35. The predicted molar refractivity (Wildman–Crippen MR) is 112 cm³/mol. The molecule has 0 bridgehead atoms. The maximum absolute atomic E-state index is 13.2. The molecule has 2 aromatic carbocycles. The quantitative estimate of drug-likeness (QED) is 0.740. The molecule has 0 aliphatic carbocycles. The zero-order chi connectivity index (χ0) is 21.1. The Labute approximate surface area is 175 Å². The highest BCUT2D eigenvalue weighted by Gasteiger charge is 2.40. The number of amides is 3. The second kappa shape index (κ2) is 8.49. The highest BCUT2D eigenvalue weighted by atomic mass is 16.5. The van der Waals surface area contributed by atoms with Gasteiger partial charge in [-0.25, -0.2) is 4.79 Å². The molecule has 2 N–H and O–H groups in total. The van der Waals surface area contributed by atoms with Gasteiger partial charge in [0, 0.05) is 6.54 Å².